The van der Waals surface area contributed by atoms with E-state index in [0.717, 1.165) is 50.3 Å². The van der Waals surface area contributed by atoms with Crippen molar-refractivity contribution in [2.75, 3.05) is 0 Å². The highest BCUT2D eigenvalue weighted by Gasteiger charge is 2.35. The van der Waals surface area contributed by atoms with Gasteiger partial charge in [0.15, 0.2) is 0 Å². The third kappa shape index (κ3) is 5.88. The van der Waals surface area contributed by atoms with Gasteiger partial charge >= 0.3 is 6.18 Å². The van der Waals surface area contributed by atoms with Gasteiger partial charge in [-0.1, -0.05) is 55.5 Å². The lowest BCUT2D eigenvalue weighted by Gasteiger charge is -2.25. The zero-order valence-corrected chi connectivity index (χ0v) is 17.2. The normalized spacial score (nSPS) is 20.5. The summed E-state index contributed by atoms with van der Waals surface area (Å²) >= 11 is 0. The van der Waals surface area contributed by atoms with Gasteiger partial charge in [-0.25, -0.2) is 0 Å². The molecule has 0 atom stereocenters. The lowest BCUT2D eigenvalue weighted by molar-refractivity contribution is -0.138. The van der Waals surface area contributed by atoms with Crippen LogP contribution in [-0.4, -0.2) is 10.8 Å². The van der Waals surface area contributed by atoms with Crippen molar-refractivity contribution in [3.8, 4) is 0 Å². The van der Waals surface area contributed by atoms with Gasteiger partial charge in [0.1, 0.15) is 6.61 Å². The standard InChI is InChI=1S/C25H30F3NO2/c1-3-19-14-21(10-11-22(19)15-30)17(2)29-31-16-18-9-12-23(20-7-5-4-6-8-20)24(13-18)25(26,27)28/h9-14,20,30H,3-8,15-16H2,1-2H3/b29-17-/i1D3,3D2,15D2. The van der Waals surface area contributed by atoms with Gasteiger partial charge in [-0.05, 0) is 72.0 Å². The Hall–Kier alpha value is -2.34. The van der Waals surface area contributed by atoms with Crippen LogP contribution < -0.4 is 0 Å². The summed E-state index contributed by atoms with van der Waals surface area (Å²) in [5.74, 6) is -0.131. The molecular weight excluding hydrogens is 403 g/mol. The Labute approximate surface area is 191 Å². The number of alkyl halides is 3. The quantitative estimate of drug-likeness (QED) is 0.382. The van der Waals surface area contributed by atoms with Crippen molar-refractivity contribution >= 4 is 5.71 Å². The van der Waals surface area contributed by atoms with E-state index in [2.05, 4.69) is 5.16 Å². The van der Waals surface area contributed by atoms with Crippen LogP contribution in [0.15, 0.2) is 41.6 Å². The first kappa shape index (κ1) is 15.5. The molecule has 0 heterocycles. The molecule has 31 heavy (non-hydrogen) atoms. The maximum Gasteiger partial charge on any atom is 0.416 e. The second kappa shape index (κ2) is 10.3. The van der Waals surface area contributed by atoms with Crippen LogP contribution in [0.4, 0.5) is 13.2 Å². The minimum atomic E-state index is -4.51. The number of aryl methyl sites for hydroxylation is 1. The monoisotopic (exact) mass is 440 g/mol. The van der Waals surface area contributed by atoms with Crippen LogP contribution in [0.25, 0.3) is 0 Å². The molecule has 1 saturated carbocycles. The molecule has 1 N–H and O–H groups in total. The Morgan fingerprint density at radius 2 is 1.94 bits per heavy atom. The summed E-state index contributed by atoms with van der Waals surface area (Å²) in [5, 5.41) is 13.7. The first-order valence-corrected chi connectivity index (χ1v) is 10.2. The topological polar surface area (TPSA) is 41.8 Å². The molecule has 1 aliphatic carbocycles. The molecule has 0 spiro atoms. The molecule has 1 fully saturated rings. The van der Waals surface area contributed by atoms with Gasteiger partial charge in [0.05, 0.1) is 20.6 Å². The largest absolute Gasteiger partial charge is 0.416 e. The van der Waals surface area contributed by atoms with E-state index in [1.54, 1.807) is 6.07 Å². The average molecular weight is 441 g/mol. The van der Waals surface area contributed by atoms with Crippen LogP contribution in [-0.2, 0) is 30.6 Å². The molecular formula is C25H30F3NO2. The predicted octanol–water partition coefficient (Wildman–Crippen LogP) is 6.75. The molecule has 0 aromatic heterocycles. The van der Waals surface area contributed by atoms with E-state index in [1.165, 1.54) is 19.1 Å². The van der Waals surface area contributed by atoms with Crippen LogP contribution in [0, 0.1) is 0 Å². The van der Waals surface area contributed by atoms with Gasteiger partial charge in [0.25, 0.3) is 0 Å². The summed E-state index contributed by atoms with van der Waals surface area (Å²) in [6.45, 7) is -4.97. The van der Waals surface area contributed by atoms with Crippen LogP contribution in [0.1, 0.15) is 94.8 Å². The summed E-state index contributed by atoms with van der Waals surface area (Å²) < 4.78 is 95.2. The van der Waals surface area contributed by atoms with Crippen molar-refractivity contribution < 1.29 is 32.7 Å². The number of oxime groups is 1. The smallest absolute Gasteiger partial charge is 0.392 e. The Morgan fingerprint density at radius 1 is 1.16 bits per heavy atom. The first-order chi connectivity index (χ1) is 17.4. The molecule has 0 unspecified atom stereocenters. The molecule has 3 rings (SSSR count). The van der Waals surface area contributed by atoms with Gasteiger partial charge in [-0.3, -0.25) is 0 Å². The molecule has 2 aromatic carbocycles. The number of halogens is 3. The molecule has 1 aliphatic rings. The minimum Gasteiger partial charge on any atom is -0.392 e. The van der Waals surface area contributed by atoms with Crippen LogP contribution in [0.3, 0.4) is 0 Å². The highest BCUT2D eigenvalue weighted by Crippen LogP contribution is 2.41. The molecule has 168 valence electrons. The van der Waals surface area contributed by atoms with E-state index < -0.39 is 42.7 Å². The lowest BCUT2D eigenvalue weighted by Crippen LogP contribution is -2.15. The van der Waals surface area contributed by atoms with E-state index in [0.29, 0.717) is 5.56 Å². The van der Waals surface area contributed by atoms with Gasteiger partial charge in [-0.15, -0.1) is 0 Å². The summed E-state index contributed by atoms with van der Waals surface area (Å²) in [7, 11) is 0. The molecule has 0 amide bonds. The maximum atomic E-state index is 13.8. The Bertz CT molecular complexity index is 1170. The van der Waals surface area contributed by atoms with Crippen molar-refractivity contribution in [1.82, 2.24) is 0 Å². The highest BCUT2D eigenvalue weighted by atomic mass is 19.4. The Kier molecular flexibility index (Phi) is 5.14. The number of hydrogen-bond donors (Lipinski definition) is 1. The third-order valence-corrected chi connectivity index (χ3v) is 5.59. The SMILES string of the molecule is [2H]C([2H])(O)c1ccc(/C(C)=N\OCc2ccc(C3CCCCC3)c(C(F)(F)F)c2)cc1C([2H])([2H])C([2H])([2H])[2H]. The van der Waals surface area contributed by atoms with Crippen molar-refractivity contribution in [3.63, 3.8) is 0 Å². The van der Waals surface area contributed by atoms with Crippen LogP contribution in [0.5, 0.6) is 0 Å². The van der Waals surface area contributed by atoms with E-state index in [4.69, 9.17) is 14.4 Å². The summed E-state index contributed by atoms with van der Waals surface area (Å²) in [5.41, 5.74) is -0.926. The average Bonchev–Trinajstić information content (AvgIpc) is 2.82. The number of aliphatic hydroxyl groups is 1. The van der Waals surface area contributed by atoms with Gasteiger partial charge in [-0.2, -0.15) is 13.2 Å². The van der Waals surface area contributed by atoms with E-state index in [9.17, 15) is 18.3 Å². The molecule has 0 radical (unpaired) electrons. The van der Waals surface area contributed by atoms with Gasteiger partial charge < -0.3 is 9.94 Å². The molecule has 6 heteroatoms. The Balaban J connectivity index is 1.86. The van der Waals surface area contributed by atoms with Crippen molar-refractivity contribution in [2.45, 2.75) is 77.5 Å². The number of nitrogens with zero attached hydrogens (tertiary/aromatic N) is 1. The molecule has 0 saturated heterocycles. The predicted molar refractivity (Wildman–Crippen MR) is 116 cm³/mol. The van der Waals surface area contributed by atoms with E-state index >= 15 is 0 Å². The van der Waals surface area contributed by atoms with Gasteiger partial charge in [0.2, 0.25) is 0 Å². The fourth-order valence-corrected chi connectivity index (χ4v) is 3.93. The van der Waals surface area contributed by atoms with Gasteiger partial charge in [0, 0.05) is 6.85 Å². The highest BCUT2D eigenvalue weighted by molar-refractivity contribution is 5.98. The second-order valence-corrected chi connectivity index (χ2v) is 7.70. The second-order valence-electron chi connectivity index (χ2n) is 7.70. The van der Waals surface area contributed by atoms with Crippen molar-refractivity contribution in [2.24, 2.45) is 5.16 Å². The molecule has 0 aliphatic heterocycles. The van der Waals surface area contributed by atoms with E-state index in [1.807, 2.05) is 0 Å². The number of rotatable bonds is 7. The molecule has 2 aromatic rings. The summed E-state index contributed by atoms with van der Waals surface area (Å²) in [6, 6.07) is 7.58. The zero-order valence-electron chi connectivity index (χ0n) is 24.2. The van der Waals surface area contributed by atoms with Crippen LogP contribution in [0.2, 0.25) is 0 Å². The summed E-state index contributed by atoms with van der Waals surface area (Å²) in [6.07, 6.45) is -3.23. The van der Waals surface area contributed by atoms with E-state index in [-0.39, 0.29) is 29.4 Å². The third-order valence-electron chi connectivity index (χ3n) is 5.59. The minimum absolute atomic E-state index is 0.131. The fraction of sp³-hybridized carbons (Fsp3) is 0.480. The molecule has 3 nitrogen and oxygen atoms in total. The van der Waals surface area contributed by atoms with Crippen molar-refractivity contribution in [1.29, 1.82) is 0 Å². The molecule has 0 bridgehead atoms. The zero-order chi connectivity index (χ0) is 28.5. The van der Waals surface area contributed by atoms with Crippen molar-refractivity contribution in [3.05, 3.63) is 69.8 Å². The maximum absolute atomic E-state index is 13.8. The number of benzene rings is 2. The number of hydrogen-bond acceptors (Lipinski definition) is 3. The van der Waals surface area contributed by atoms with Crippen LogP contribution >= 0.6 is 0 Å². The first-order valence-electron chi connectivity index (χ1n) is 13.7. The summed E-state index contributed by atoms with van der Waals surface area (Å²) in [4.78, 5) is 5.27. The fourth-order valence-electron chi connectivity index (χ4n) is 3.93. The lowest BCUT2D eigenvalue weighted by atomic mass is 9.81. The Morgan fingerprint density at radius 3 is 2.61 bits per heavy atom.